The molecule has 0 fully saturated rings. The van der Waals surface area contributed by atoms with Crippen LogP contribution in [0, 0.1) is 6.92 Å². The molecular formula is C20H22O2Si. The highest BCUT2D eigenvalue weighted by atomic mass is 28.2. The van der Waals surface area contributed by atoms with E-state index in [0.29, 0.717) is 0 Å². The van der Waals surface area contributed by atoms with Gasteiger partial charge in [0, 0.05) is 5.56 Å². The van der Waals surface area contributed by atoms with Gasteiger partial charge in [0.05, 0.1) is 17.4 Å². The van der Waals surface area contributed by atoms with Crippen molar-refractivity contribution in [3.8, 4) is 0 Å². The molecule has 1 aliphatic heterocycles. The minimum Gasteiger partial charge on any atom is -0.618 e. The van der Waals surface area contributed by atoms with Crippen LogP contribution >= 0.6 is 0 Å². The zero-order valence-electron chi connectivity index (χ0n) is 14.1. The van der Waals surface area contributed by atoms with E-state index in [-0.39, 0.29) is 5.41 Å². The maximum Gasteiger partial charge on any atom is 0.440 e. The summed E-state index contributed by atoms with van der Waals surface area (Å²) < 4.78 is 11.5. The van der Waals surface area contributed by atoms with E-state index >= 15 is 0 Å². The molecule has 0 saturated carbocycles. The standard InChI is InChI=1S/C20H22O2Si/c1-14-5-7-15(8-6-14)18-13-19(22-23-21-18)16-9-11-17(12-10-16)20(2,3)4/h5-13,23H,1-4H3. The molecule has 0 aliphatic carbocycles. The molecule has 0 amide bonds. The van der Waals surface area contributed by atoms with Gasteiger partial charge in [-0.25, -0.2) is 0 Å². The van der Waals surface area contributed by atoms with Crippen molar-refractivity contribution < 1.29 is 8.54 Å². The lowest BCUT2D eigenvalue weighted by Crippen LogP contribution is -2.12. The molecular weight excluding hydrogens is 300 g/mol. The molecule has 0 aromatic heterocycles. The Morgan fingerprint density at radius 2 is 1.48 bits per heavy atom. The summed E-state index contributed by atoms with van der Waals surface area (Å²) in [5, 5.41) is 0. The van der Waals surface area contributed by atoms with E-state index in [0.717, 1.165) is 22.7 Å². The van der Waals surface area contributed by atoms with Gasteiger partial charge in [-0.05, 0) is 30.0 Å². The van der Waals surface area contributed by atoms with Crippen LogP contribution in [0.5, 0.6) is 0 Å². The van der Waals surface area contributed by atoms with Gasteiger partial charge in [0.15, 0.2) is 0 Å². The summed E-state index contributed by atoms with van der Waals surface area (Å²) in [6, 6.07) is 17.0. The normalized spacial score (nSPS) is 14.4. The number of aryl methyl sites for hydroxylation is 1. The van der Waals surface area contributed by atoms with Crippen LogP contribution in [0.3, 0.4) is 0 Å². The molecule has 118 valence electrons. The van der Waals surface area contributed by atoms with Crippen LogP contribution in [0.1, 0.15) is 47.1 Å². The van der Waals surface area contributed by atoms with Crippen molar-refractivity contribution in [2.24, 2.45) is 0 Å². The van der Waals surface area contributed by atoms with Crippen LogP contribution in [0.25, 0.3) is 5.76 Å². The second-order valence-corrected chi connectivity index (χ2v) is 7.56. The molecule has 0 atom stereocenters. The molecule has 2 aromatic rings. The fourth-order valence-corrected chi connectivity index (χ4v) is 3.13. The maximum absolute atomic E-state index is 5.77. The first-order valence-corrected chi connectivity index (χ1v) is 8.79. The molecule has 0 saturated heterocycles. The van der Waals surface area contributed by atoms with Gasteiger partial charge in [0.25, 0.3) is 5.78 Å². The Kier molecular flexibility index (Phi) is 4.22. The van der Waals surface area contributed by atoms with Gasteiger partial charge in [-0.1, -0.05) is 62.7 Å². The quantitative estimate of drug-likeness (QED) is 0.595. The van der Waals surface area contributed by atoms with Crippen molar-refractivity contribution >= 4 is 21.5 Å². The molecule has 3 rings (SSSR count). The second kappa shape index (κ2) is 6.17. The summed E-state index contributed by atoms with van der Waals surface area (Å²) >= 11 is 0. The van der Waals surface area contributed by atoms with Crippen LogP contribution in [-0.2, 0) is 9.84 Å². The number of hydrogen-bond acceptors (Lipinski definition) is 1. The summed E-state index contributed by atoms with van der Waals surface area (Å²) in [4.78, 5) is 0. The summed E-state index contributed by atoms with van der Waals surface area (Å²) in [5.74, 6) is 1.78. The molecule has 23 heavy (non-hydrogen) atoms. The number of rotatable bonds is 2. The van der Waals surface area contributed by atoms with Gasteiger partial charge in [-0.3, -0.25) is 0 Å². The zero-order valence-corrected chi connectivity index (χ0v) is 15.2. The molecule has 0 spiro atoms. The van der Waals surface area contributed by atoms with Crippen molar-refractivity contribution in [2.45, 2.75) is 33.1 Å². The van der Waals surface area contributed by atoms with Gasteiger partial charge in [0.2, 0.25) is 0 Å². The lowest BCUT2D eigenvalue weighted by Gasteiger charge is -2.20. The SMILES string of the molecule is Cc1ccc(C2=[O+][SiH-]OC(c3ccc(C(C)(C)C)cc3)=C2)cc1. The first-order chi connectivity index (χ1) is 10.9. The van der Waals surface area contributed by atoms with Crippen molar-refractivity contribution in [2.75, 3.05) is 0 Å². The van der Waals surface area contributed by atoms with E-state index < -0.39 is 10.0 Å². The van der Waals surface area contributed by atoms with Crippen LogP contribution in [0.2, 0.25) is 0 Å². The van der Waals surface area contributed by atoms with Gasteiger partial charge in [0.1, 0.15) is 0 Å². The summed E-state index contributed by atoms with van der Waals surface area (Å²) in [7, 11) is -0.517. The number of hydrogen-bond donors (Lipinski definition) is 0. The maximum atomic E-state index is 5.77. The van der Waals surface area contributed by atoms with Crippen LogP contribution in [0.4, 0.5) is 0 Å². The van der Waals surface area contributed by atoms with Gasteiger partial charge >= 0.3 is 10.0 Å². The molecule has 0 radical (unpaired) electrons. The smallest absolute Gasteiger partial charge is 0.440 e. The van der Waals surface area contributed by atoms with Gasteiger partial charge in [-0.15, -0.1) is 0 Å². The Labute approximate surface area is 140 Å². The summed E-state index contributed by atoms with van der Waals surface area (Å²) in [6.07, 6.45) is 1.99. The van der Waals surface area contributed by atoms with Gasteiger partial charge in [-0.2, -0.15) is 0 Å². The number of ketones is 1. The molecule has 2 nitrogen and oxygen atoms in total. The Balaban J connectivity index is 1.88. The highest BCUT2D eigenvalue weighted by molar-refractivity contribution is 6.25. The second-order valence-electron chi connectivity index (χ2n) is 6.90. The van der Waals surface area contributed by atoms with Crippen molar-refractivity contribution in [3.63, 3.8) is 0 Å². The minimum absolute atomic E-state index is 0.161. The van der Waals surface area contributed by atoms with E-state index in [1.54, 1.807) is 0 Å². The summed E-state index contributed by atoms with van der Waals surface area (Å²) in [5.41, 5.74) is 4.92. The topological polar surface area (TPSA) is 20.5 Å². The Hall–Kier alpha value is -2.13. The van der Waals surface area contributed by atoms with Crippen molar-refractivity contribution in [1.29, 1.82) is 0 Å². The predicted octanol–water partition coefficient (Wildman–Crippen LogP) is 4.35. The van der Waals surface area contributed by atoms with Crippen LogP contribution < -0.4 is 0 Å². The molecule has 2 aromatic carbocycles. The fourth-order valence-electron chi connectivity index (χ4n) is 2.47. The van der Waals surface area contributed by atoms with E-state index in [9.17, 15) is 0 Å². The third-order valence-corrected chi connectivity index (χ3v) is 4.68. The number of allylic oxidation sites excluding steroid dienone is 1. The van der Waals surface area contributed by atoms with E-state index in [4.69, 9.17) is 8.54 Å². The molecule has 0 N–H and O–H groups in total. The Morgan fingerprint density at radius 3 is 2.09 bits per heavy atom. The van der Waals surface area contributed by atoms with Crippen molar-refractivity contribution in [1.82, 2.24) is 0 Å². The minimum atomic E-state index is -0.517. The van der Waals surface area contributed by atoms with E-state index in [2.05, 4.69) is 76.2 Å². The van der Waals surface area contributed by atoms with Crippen LogP contribution in [-0.4, -0.2) is 15.8 Å². The fraction of sp³-hybridized carbons (Fsp3) is 0.250. The molecule has 1 aliphatic rings. The Bertz CT molecular complexity index is 748. The Morgan fingerprint density at radius 1 is 0.870 bits per heavy atom. The average Bonchev–Trinajstić information content (AvgIpc) is 2.55. The molecule has 3 heteroatoms. The average molecular weight is 322 g/mol. The zero-order chi connectivity index (χ0) is 16.4. The van der Waals surface area contributed by atoms with E-state index in [1.165, 1.54) is 11.1 Å². The monoisotopic (exact) mass is 322 g/mol. The number of benzene rings is 2. The molecule has 0 bridgehead atoms. The highest BCUT2D eigenvalue weighted by Crippen LogP contribution is 2.25. The predicted molar refractivity (Wildman–Crippen MR) is 96.9 cm³/mol. The number of carbonyl (C=O) groups excluding carboxylic acids is 1. The lowest BCUT2D eigenvalue weighted by molar-refractivity contribution is -0.101. The van der Waals surface area contributed by atoms with E-state index in [1.807, 2.05) is 6.08 Å². The summed E-state index contributed by atoms with van der Waals surface area (Å²) in [6.45, 7) is 8.75. The van der Waals surface area contributed by atoms with Gasteiger partial charge < -0.3 is 8.54 Å². The van der Waals surface area contributed by atoms with Crippen molar-refractivity contribution in [3.05, 3.63) is 76.9 Å². The molecule has 1 heterocycles. The lowest BCUT2D eigenvalue weighted by atomic mass is 9.86. The molecule has 0 unspecified atom stereocenters. The first-order valence-electron chi connectivity index (χ1n) is 7.85. The third kappa shape index (κ3) is 3.62. The first kappa shape index (κ1) is 15.8. The highest BCUT2D eigenvalue weighted by Gasteiger charge is 2.18. The third-order valence-electron chi connectivity index (χ3n) is 3.98. The largest absolute Gasteiger partial charge is 0.618 e. The van der Waals surface area contributed by atoms with Crippen LogP contribution in [0.15, 0.2) is 54.6 Å².